The van der Waals surface area contributed by atoms with Gasteiger partial charge in [0, 0.05) is 13.1 Å². The van der Waals surface area contributed by atoms with Crippen LogP contribution in [0.5, 0.6) is 5.75 Å². The number of methoxy groups -OCH3 is 1. The number of nitrogens with zero attached hydrogens (tertiary/aromatic N) is 1. The quantitative estimate of drug-likeness (QED) is 0.483. The van der Waals surface area contributed by atoms with Crippen LogP contribution in [0.3, 0.4) is 0 Å². The van der Waals surface area contributed by atoms with Crippen molar-refractivity contribution in [1.29, 1.82) is 0 Å². The SMILES string of the molecule is COc1ccccc1CCNC(=O)COC(=O)CCN1C(=O)[C@H]2CCCC[C@H]2C1=O. The number of carbonyl (C=O) groups is 4. The van der Waals surface area contributed by atoms with E-state index in [1.807, 2.05) is 24.3 Å². The van der Waals surface area contributed by atoms with Gasteiger partial charge in [0.15, 0.2) is 6.61 Å². The summed E-state index contributed by atoms with van der Waals surface area (Å²) >= 11 is 0. The molecule has 3 rings (SSSR count). The lowest BCUT2D eigenvalue weighted by atomic mass is 9.81. The Morgan fingerprint density at radius 2 is 1.77 bits per heavy atom. The molecule has 1 aliphatic carbocycles. The molecule has 30 heavy (non-hydrogen) atoms. The zero-order chi connectivity index (χ0) is 21.5. The average molecular weight is 416 g/mol. The average Bonchev–Trinajstić information content (AvgIpc) is 3.01. The van der Waals surface area contributed by atoms with Gasteiger partial charge in [0.1, 0.15) is 5.75 Å². The van der Waals surface area contributed by atoms with E-state index in [4.69, 9.17) is 9.47 Å². The summed E-state index contributed by atoms with van der Waals surface area (Å²) in [5, 5.41) is 2.69. The topological polar surface area (TPSA) is 102 Å². The Kier molecular flexibility index (Phi) is 7.43. The number of fused-ring (bicyclic) bond motifs is 1. The molecule has 1 aromatic carbocycles. The number of nitrogens with one attached hydrogen (secondary N) is 1. The van der Waals surface area contributed by atoms with E-state index in [9.17, 15) is 19.2 Å². The highest BCUT2D eigenvalue weighted by atomic mass is 16.5. The lowest BCUT2D eigenvalue weighted by molar-refractivity contribution is -0.149. The van der Waals surface area contributed by atoms with Crippen molar-refractivity contribution in [3.05, 3.63) is 29.8 Å². The Bertz CT molecular complexity index is 785. The van der Waals surface area contributed by atoms with Gasteiger partial charge >= 0.3 is 5.97 Å². The van der Waals surface area contributed by atoms with E-state index in [0.717, 1.165) is 37.0 Å². The van der Waals surface area contributed by atoms with Gasteiger partial charge in [-0.25, -0.2) is 0 Å². The van der Waals surface area contributed by atoms with Crippen molar-refractivity contribution in [1.82, 2.24) is 10.2 Å². The third kappa shape index (κ3) is 5.17. The molecule has 0 aromatic heterocycles. The zero-order valence-electron chi connectivity index (χ0n) is 17.2. The van der Waals surface area contributed by atoms with Crippen molar-refractivity contribution >= 4 is 23.7 Å². The van der Waals surface area contributed by atoms with Gasteiger partial charge in [0.2, 0.25) is 11.8 Å². The summed E-state index contributed by atoms with van der Waals surface area (Å²) in [6.45, 7) is 0.00708. The first-order valence-electron chi connectivity index (χ1n) is 10.4. The highest BCUT2D eigenvalue weighted by molar-refractivity contribution is 6.05. The fraction of sp³-hybridized carbons (Fsp3) is 0.545. The van der Waals surface area contributed by atoms with Crippen LogP contribution in [0, 0.1) is 11.8 Å². The van der Waals surface area contributed by atoms with Gasteiger partial charge in [0.05, 0.1) is 25.4 Å². The molecule has 0 radical (unpaired) electrons. The second kappa shape index (κ2) is 10.2. The Hall–Kier alpha value is -2.90. The molecule has 1 aliphatic heterocycles. The number of esters is 1. The molecule has 0 spiro atoms. The largest absolute Gasteiger partial charge is 0.496 e. The molecule has 1 aromatic rings. The first-order chi connectivity index (χ1) is 14.5. The number of hydrogen-bond acceptors (Lipinski definition) is 6. The number of imide groups is 1. The van der Waals surface area contributed by atoms with Gasteiger partial charge in [-0.15, -0.1) is 0 Å². The number of likely N-dealkylation sites (tertiary alicyclic amines) is 1. The zero-order valence-corrected chi connectivity index (χ0v) is 17.2. The number of para-hydroxylation sites is 1. The number of amides is 3. The minimum atomic E-state index is -0.606. The smallest absolute Gasteiger partial charge is 0.308 e. The maximum Gasteiger partial charge on any atom is 0.308 e. The molecule has 0 bridgehead atoms. The minimum Gasteiger partial charge on any atom is -0.496 e. The molecule has 2 aliphatic rings. The van der Waals surface area contributed by atoms with Crippen molar-refractivity contribution in [2.45, 2.75) is 38.5 Å². The molecule has 0 unspecified atom stereocenters. The summed E-state index contributed by atoms with van der Waals surface area (Å²) in [5.74, 6) is -1.06. The van der Waals surface area contributed by atoms with Gasteiger partial charge in [-0.3, -0.25) is 24.1 Å². The molecule has 162 valence electrons. The molecule has 3 amide bonds. The number of carbonyl (C=O) groups excluding carboxylic acids is 4. The third-order valence-electron chi connectivity index (χ3n) is 5.75. The standard InChI is InChI=1S/C22H28N2O6/c1-29-18-9-5-2-6-15(18)10-12-23-19(25)14-30-20(26)11-13-24-21(27)16-7-3-4-8-17(16)22(24)28/h2,5-6,9,16-17H,3-4,7-8,10-14H2,1H3,(H,23,25)/t16-,17+. The number of ether oxygens (including phenoxy) is 2. The van der Waals surface area contributed by atoms with E-state index < -0.39 is 18.5 Å². The Labute approximate surface area is 175 Å². The third-order valence-corrected chi connectivity index (χ3v) is 5.75. The van der Waals surface area contributed by atoms with Gasteiger partial charge in [-0.2, -0.15) is 0 Å². The van der Waals surface area contributed by atoms with Crippen molar-refractivity contribution in [3.63, 3.8) is 0 Å². The molecular weight excluding hydrogens is 388 g/mol. The first kappa shape index (κ1) is 21.8. The normalized spacial score (nSPS) is 20.6. The summed E-state index contributed by atoms with van der Waals surface area (Å²) in [4.78, 5) is 49.8. The van der Waals surface area contributed by atoms with Gasteiger partial charge in [-0.1, -0.05) is 31.0 Å². The second-order valence-corrected chi connectivity index (χ2v) is 7.65. The van der Waals surface area contributed by atoms with Crippen LogP contribution in [0.15, 0.2) is 24.3 Å². The number of hydrogen-bond donors (Lipinski definition) is 1. The van der Waals surface area contributed by atoms with Crippen LogP contribution in [0.1, 0.15) is 37.7 Å². The van der Waals surface area contributed by atoms with E-state index in [2.05, 4.69) is 5.32 Å². The summed E-state index contributed by atoms with van der Waals surface area (Å²) in [6, 6.07) is 7.54. The predicted molar refractivity (Wildman–Crippen MR) is 107 cm³/mol. The maximum atomic E-state index is 12.4. The second-order valence-electron chi connectivity index (χ2n) is 7.65. The van der Waals surface area contributed by atoms with E-state index in [1.54, 1.807) is 7.11 Å². The minimum absolute atomic E-state index is 0.0128. The molecule has 8 heteroatoms. The van der Waals surface area contributed by atoms with E-state index in [1.165, 1.54) is 4.90 Å². The van der Waals surface area contributed by atoms with Crippen LogP contribution in [-0.2, 0) is 30.3 Å². The van der Waals surface area contributed by atoms with Crippen LogP contribution in [-0.4, -0.2) is 55.4 Å². The van der Waals surface area contributed by atoms with Crippen LogP contribution < -0.4 is 10.1 Å². The molecule has 2 fully saturated rings. The summed E-state index contributed by atoms with van der Waals surface area (Å²) < 4.78 is 10.2. The molecule has 1 N–H and O–H groups in total. The molecule has 8 nitrogen and oxygen atoms in total. The highest BCUT2D eigenvalue weighted by Crippen LogP contribution is 2.37. The summed E-state index contributed by atoms with van der Waals surface area (Å²) in [6.07, 6.45) is 3.89. The maximum absolute atomic E-state index is 12.4. The van der Waals surface area contributed by atoms with Crippen LogP contribution >= 0.6 is 0 Å². The van der Waals surface area contributed by atoms with E-state index in [0.29, 0.717) is 13.0 Å². The van der Waals surface area contributed by atoms with Crippen LogP contribution in [0.25, 0.3) is 0 Å². The fourth-order valence-corrected chi connectivity index (χ4v) is 4.17. The Morgan fingerprint density at radius 3 is 2.43 bits per heavy atom. The van der Waals surface area contributed by atoms with Crippen LogP contribution in [0.4, 0.5) is 0 Å². The monoisotopic (exact) mass is 416 g/mol. The molecule has 1 saturated carbocycles. The molecule has 2 atom stereocenters. The van der Waals surface area contributed by atoms with Crippen molar-refractivity contribution < 1.29 is 28.7 Å². The lowest BCUT2D eigenvalue weighted by Gasteiger charge is -2.19. The van der Waals surface area contributed by atoms with Crippen molar-refractivity contribution in [2.24, 2.45) is 11.8 Å². The lowest BCUT2D eigenvalue weighted by Crippen LogP contribution is -2.34. The van der Waals surface area contributed by atoms with Crippen molar-refractivity contribution in [3.8, 4) is 5.75 Å². The number of rotatable bonds is 9. The van der Waals surface area contributed by atoms with Gasteiger partial charge in [0.25, 0.3) is 5.91 Å². The molecule has 1 heterocycles. The molecule has 1 saturated heterocycles. The predicted octanol–water partition coefficient (Wildman–Crippen LogP) is 1.46. The van der Waals surface area contributed by atoms with E-state index >= 15 is 0 Å². The fourth-order valence-electron chi connectivity index (χ4n) is 4.17. The molecular formula is C22H28N2O6. The first-order valence-corrected chi connectivity index (χ1v) is 10.4. The van der Waals surface area contributed by atoms with Gasteiger partial charge < -0.3 is 14.8 Å². The van der Waals surface area contributed by atoms with Gasteiger partial charge in [-0.05, 0) is 30.9 Å². The summed E-state index contributed by atoms with van der Waals surface area (Å²) in [5.41, 5.74) is 0.970. The number of benzene rings is 1. The highest BCUT2D eigenvalue weighted by Gasteiger charge is 2.47. The van der Waals surface area contributed by atoms with Crippen molar-refractivity contribution in [2.75, 3.05) is 26.8 Å². The summed E-state index contributed by atoms with van der Waals surface area (Å²) in [7, 11) is 1.59. The Balaban J connectivity index is 1.35. The Morgan fingerprint density at radius 1 is 1.10 bits per heavy atom. The van der Waals surface area contributed by atoms with E-state index in [-0.39, 0.29) is 36.6 Å². The van der Waals surface area contributed by atoms with Crippen LogP contribution in [0.2, 0.25) is 0 Å².